The molecule has 0 bridgehead atoms. The zero-order valence-corrected chi connectivity index (χ0v) is 11.2. The molecule has 0 aliphatic carbocycles. The van der Waals surface area contributed by atoms with Crippen LogP contribution >= 0.6 is 0 Å². The van der Waals surface area contributed by atoms with Gasteiger partial charge in [0.25, 0.3) is 0 Å². The zero-order valence-electron chi connectivity index (χ0n) is 11.2. The SMILES string of the molecule is COCCN(CCC#N)c1ccc(C(=O)O)cc1C. The molecule has 0 aliphatic rings. The number of methoxy groups -OCH3 is 1. The highest BCUT2D eigenvalue weighted by atomic mass is 16.5. The smallest absolute Gasteiger partial charge is 0.335 e. The van der Waals surface area contributed by atoms with Crippen LogP contribution in [0.4, 0.5) is 5.69 Å². The predicted octanol–water partition coefficient (Wildman–Crippen LogP) is 2.06. The first kappa shape index (κ1) is 15.0. The number of benzene rings is 1. The Hall–Kier alpha value is -2.06. The Labute approximate surface area is 113 Å². The third kappa shape index (κ3) is 4.27. The van der Waals surface area contributed by atoms with Gasteiger partial charge in [-0.15, -0.1) is 0 Å². The van der Waals surface area contributed by atoms with Crippen molar-refractivity contribution < 1.29 is 14.6 Å². The maximum Gasteiger partial charge on any atom is 0.335 e. The molecule has 0 aliphatic heterocycles. The van der Waals surface area contributed by atoms with E-state index in [4.69, 9.17) is 15.1 Å². The first-order valence-corrected chi connectivity index (χ1v) is 6.05. The minimum Gasteiger partial charge on any atom is -0.478 e. The fourth-order valence-corrected chi connectivity index (χ4v) is 1.88. The quantitative estimate of drug-likeness (QED) is 0.814. The summed E-state index contributed by atoms with van der Waals surface area (Å²) in [5.74, 6) is -0.935. The highest BCUT2D eigenvalue weighted by Crippen LogP contribution is 2.21. The van der Waals surface area contributed by atoms with Gasteiger partial charge in [0.1, 0.15) is 0 Å². The summed E-state index contributed by atoms with van der Waals surface area (Å²) in [6, 6.07) is 7.12. The van der Waals surface area contributed by atoms with E-state index in [0.29, 0.717) is 26.1 Å². The van der Waals surface area contributed by atoms with Crippen molar-refractivity contribution in [2.24, 2.45) is 0 Å². The van der Waals surface area contributed by atoms with E-state index in [2.05, 4.69) is 6.07 Å². The molecule has 0 saturated heterocycles. The second kappa shape index (κ2) is 7.39. The van der Waals surface area contributed by atoms with Crippen LogP contribution in [-0.4, -0.2) is 37.9 Å². The van der Waals surface area contributed by atoms with Crippen molar-refractivity contribution >= 4 is 11.7 Å². The van der Waals surface area contributed by atoms with Crippen molar-refractivity contribution in [1.82, 2.24) is 0 Å². The van der Waals surface area contributed by atoms with Crippen LogP contribution in [0, 0.1) is 18.3 Å². The highest BCUT2D eigenvalue weighted by molar-refractivity contribution is 5.88. The Morgan fingerprint density at radius 2 is 2.21 bits per heavy atom. The van der Waals surface area contributed by atoms with Crippen molar-refractivity contribution in [1.29, 1.82) is 5.26 Å². The first-order valence-electron chi connectivity index (χ1n) is 6.05. The molecule has 0 amide bonds. The molecule has 0 radical (unpaired) electrons. The van der Waals surface area contributed by atoms with Gasteiger partial charge in [-0.1, -0.05) is 0 Å². The summed E-state index contributed by atoms with van der Waals surface area (Å²) in [5, 5.41) is 17.6. The average Bonchev–Trinajstić information content (AvgIpc) is 2.39. The maximum atomic E-state index is 10.9. The third-order valence-electron chi connectivity index (χ3n) is 2.84. The van der Waals surface area contributed by atoms with Gasteiger partial charge in [-0.05, 0) is 30.7 Å². The van der Waals surface area contributed by atoms with Crippen LogP contribution in [0.2, 0.25) is 0 Å². The highest BCUT2D eigenvalue weighted by Gasteiger charge is 2.11. The van der Waals surface area contributed by atoms with Crippen molar-refractivity contribution in [3.8, 4) is 6.07 Å². The Kier molecular flexibility index (Phi) is 5.83. The number of nitrogens with zero attached hydrogens (tertiary/aromatic N) is 2. The average molecular weight is 262 g/mol. The summed E-state index contributed by atoms with van der Waals surface area (Å²) in [7, 11) is 1.63. The Balaban J connectivity index is 2.94. The molecule has 0 aromatic heterocycles. The van der Waals surface area contributed by atoms with Crippen LogP contribution in [0.15, 0.2) is 18.2 Å². The second-order valence-electron chi connectivity index (χ2n) is 4.19. The molecular formula is C14H18N2O3. The van der Waals surface area contributed by atoms with Crippen LogP contribution in [-0.2, 0) is 4.74 Å². The fraction of sp³-hybridized carbons (Fsp3) is 0.429. The molecule has 0 spiro atoms. The van der Waals surface area contributed by atoms with Gasteiger partial charge < -0.3 is 14.7 Å². The lowest BCUT2D eigenvalue weighted by atomic mass is 10.1. The van der Waals surface area contributed by atoms with Crippen LogP contribution in [0.1, 0.15) is 22.3 Å². The molecule has 19 heavy (non-hydrogen) atoms. The van der Waals surface area contributed by atoms with Gasteiger partial charge in [-0.25, -0.2) is 4.79 Å². The molecule has 5 nitrogen and oxygen atoms in total. The summed E-state index contributed by atoms with van der Waals surface area (Å²) in [6.07, 6.45) is 0.420. The lowest BCUT2D eigenvalue weighted by Gasteiger charge is -2.25. The molecule has 102 valence electrons. The van der Waals surface area contributed by atoms with Crippen molar-refractivity contribution in [3.63, 3.8) is 0 Å². The van der Waals surface area contributed by atoms with Crippen molar-refractivity contribution in [3.05, 3.63) is 29.3 Å². The van der Waals surface area contributed by atoms with Gasteiger partial charge >= 0.3 is 5.97 Å². The van der Waals surface area contributed by atoms with Gasteiger partial charge in [-0.2, -0.15) is 5.26 Å². The number of carboxylic acids is 1. The van der Waals surface area contributed by atoms with Crippen molar-refractivity contribution in [2.45, 2.75) is 13.3 Å². The molecular weight excluding hydrogens is 244 g/mol. The lowest BCUT2D eigenvalue weighted by molar-refractivity contribution is 0.0697. The number of aromatic carboxylic acids is 1. The van der Waals surface area contributed by atoms with Gasteiger partial charge in [0.05, 0.1) is 24.7 Å². The standard InChI is InChI=1S/C14H18N2O3/c1-11-10-12(14(17)18)4-5-13(11)16(7-3-6-15)8-9-19-2/h4-5,10H,3,7-9H2,1-2H3,(H,17,18). The predicted molar refractivity (Wildman–Crippen MR) is 72.5 cm³/mol. The van der Waals surface area contributed by atoms with Gasteiger partial charge in [0.15, 0.2) is 0 Å². The number of carbonyl (C=O) groups is 1. The Morgan fingerprint density at radius 3 is 2.74 bits per heavy atom. The monoisotopic (exact) mass is 262 g/mol. The summed E-state index contributed by atoms with van der Waals surface area (Å²) in [4.78, 5) is 12.9. The van der Waals surface area contributed by atoms with Gasteiger partial charge in [0, 0.05) is 25.9 Å². The van der Waals surface area contributed by atoms with Crippen LogP contribution in [0.5, 0.6) is 0 Å². The van der Waals surface area contributed by atoms with E-state index in [1.54, 1.807) is 25.3 Å². The van der Waals surface area contributed by atoms with Gasteiger partial charge in [0.2, 0.25) is 0 Å². The molecule has 0 unspecified atom stereocenters. The number of nitriles is 1. The lowest BCUT2D eigenvalue weighted by Crippen LogP contribution is -2.28. The summed E-state index contributed by atoms with van der Waals surface area (Å²) < 4.78 is 5.06. The Bertz CT molecular complexity index is 480. The largest absolute Gasteiger partial charge is 0.478 e. The number of hydrogen-bond acceptors (Lipinski definition) is 4. The summed E-state index contributed by atoms with van der Waals surface area (Å²) >= 11 is 0. The van der Waals surface area contributed by atoms with E-state index >= 15 is 0 Å². The van der Waals surface area contributed by atoms with Crippen LogP contribution in [0.3, 0.4) is 0 Å². The van der Waals surface area contributed by atoms with E-state index in [0.717, 1.165) is 11.3 Å². The molecule has 1 aromatic rings. The molecule has 0 saturated carbocycles. The Morgan fingerprint density at radius 1 is 1.47 bits per heavy atom. The molecule has 1 rings (SSSR count). The number of anilines is 1. The van der Waals surface area contributed by atoms with E-state index in [1.807, 2.05) is 11.8 Å². The molecule has 0 atom stereocenters. The summed E-state index contributed by atoms with van der Waals surface area (Å²) in [5.41, 5.74) is 2.10. The summed E-state index contributed by atoms with van der Waals surface area (Å²) in [6.45, 7) is 3.71. The molecule has 1 aromatic carbocycles. The van der Waals surface area contributed by atoms with E-state index in [-0.39, 0.29) is 5.56 Å². The van der Waals surface area contributed by atoms with Crippen LogP contribution in [0.25, 0.3) is 0 Å². The molecule has 1 N–H and O–H groups in total. The zero-order chi connectivity index (χ0) is 14.3. The van der Waals surface area contributed by atoms with Crippen molar-refractivity contribution in [2.75, 3.05) is 31.7 Å². The van der Waals surface area contributed by atoms with Gasteiger partial charge in [-0.3, -0.25) is 0 Å². The normalized spacial score (nSPS) is 9.95. The molecule has 0 fully saturated rings. The van der Waals surface area contributed by atoms with Crippen LogP contribution < -0.4 is 4.90 Å². The number of carboxylic acid groups (broad SMARTS) is 1. The fourth-order valence-electron chi connectivity index (χ4n) is 1.88. The number of ether oxygens (including phenoxy) is 1. The van der Waals surface area contributed by atoms with E-state index in [1.165, 1.54) is 0 Å². The third-order valence-corrected chi connectivity index (χ3v) is 2.84. The van der Waals surface area contributed by atoms with E-state index < -0.39 is 5.97 Å². The number of hydrogen-bond donors (Lipinski definition) is 1. The molecule has 5 heteroatoms. The molecule has 0 heterocycles. The topological polar surface area (TPSA) is 73.6 Å². The first-order chi connectivity index (χ1) is 9.10. The second-order valence-corrected chi connectivity index (χ2v) is 4.19. The number of rotatable bonds is 7. The van der Waals surface area contributed by atoms with E-state index in [9.17, 15) is 4.79 Å². The minimum atomic E-state index is -0.935. The maximum absolute atomic E-state index is 10.9. The number of aryl methyl sites for hydroxylation is 1. The minimum absolute atomic E-state index is 0.272.